The van der Waals surface area contributed by atoms with Gasteiger partial charge in [0.25, 0.3) is 5.91 Å². The number of carbonyl (C=O) groups is 2. The van der Waals surface area contributed by atoms with Crippen molar-refractivity contribution >= 4 is 23.4 Å². The van der Waals surface area contributed by atoms with E-state index in [9.17, 15) is 9.59 Å². The van der Waals surface area contributed by atoms with E-state index in [2.05, 4.69) is 31.3 Å². The van der Waals surface area contributed by atoms with Crippen molar-refractivity contribution in [3.8, 4) is 0 Å². The topological polar surface area (TPSA) is 123 Å². The molecule has 2 bridgehead atoms. The monoisotopic (exact) mass is 392 g/mol. The van der Waals surface area contributed by atoms with Crippen LogP contribution in [0.4, 0.5) is 11.5 Å². The zero-order valence-electron chi connectivity index (χ0n) is 15.9. The molecular weight excluding hydrogens is 372 g/mol. The minimum absolute atomic E-state index is 0.0171. The van der Waals surface area contributed by atoms with Crippen LogP contribution < -0.4 is 16.0 Å². The summed E-state index contributed by atoms with van der Waals surface area (Å²) in [4.78, 5) is 30.3. The summed E-state index contributed by atoms with van der Waals surface area (Å²) in [6.07, 6.45) is 7.21. The van der Waals surface area contributed by atoms with E-state index in [1.54, 1.807) is 24.3 Å². The number of pyridine rings is 1. The summed E-state index contributed by atoms with van der Waals surface area (Å²) in [7, 11) is 1.25. The van der Waals surface area contributed by atoms with Crippen LogP contribution in [0.2, 0.25) is 0 Å². The highest BCUT2D eigenvalue weighted by molar-refractivity contribution is 6.06. The Kier molecular flexibility index (Phi) is 4.94. The number of amides is 1. The summed E-state index contributed by atoms with van der Waals surface area (Å²) < 4.78 is 4.69. The van der Waals surface area contributed by atoms with Crippen molar-refractivity contribution in [2.75, 3.05) is 17.3 Å². The van der Waals surface area contributed by atoms with Crippen molar-refractivity contribution in [1.29, 1.82) is 0 Å². The molecule has 29 heavy (non-hydrogen) atoms. The van der Waals surface area contributed by atoms with Gasteiger partial charge >= 0.3 is 5.97 Å². The van der Waals surface area contributed by atoms with E-state index in [0.717, 1.165) is 42.8 Å². The zero-order chi connectivity index (χ0) is 20.4. The maximum absolute atomic E-state index is 12.6. The summed E-state index contributed by atoms with van der Waals surface area (Å²) in [5.74, 6) is -0.515. The molecule has 9 nitrogen and oxygen atoms in total. The highest BCUT2D eigenvalue weighted by Gasteiger charge is 2.28. The van der Waals surface area contributed by atoms with Gasteiger partial charge in [0.1, 0.15) is 0 Å². The maximum atomic E-state index is 12.6. The molecule has 4 rings (SSSR count). The van der Waals surface area contributed by atoms with Gasteiger partial charge in [-0.15, -0.1) is 10.2 Å². The van der Waals surface area contributed by atoms with E-state index in [4.69, 9.17) is 5.73 Å². The second kappa shape index (κ2) is 7.70. The molecule has 148 valence electrons. The van der Waals surface area contributed by atoms with Crippen LogP contribution in [0.15, 0.2) is 53.6 Å². The first-order chi connectivity index (χ1) is 14.1. The second-order valence-electron chi connectivity index (χ2n) is 6.68. The Morgan fingerprint density at radius 3 is 2.83 bits per heavy atom. The van der Waals surface area contributed by atoms with E-state index in [1.807, 2.05) is 4.90 Å². The molecule has 0 aliphatic carbocycles. The molecule has 0 aromatic carbocycles. The fourth-order valence-corrected chi connectivity index (χ4v) is 3.48. The first-order valence-electron chi connectivity index (χ1n) is 9.23. The van der Waals surface area contributed by atoms with Crippen LogP contribution in [0, 0.1) is 0 Å². The number of carbonyl (C=O) groups excluding carboxylic acids is 2. The third-order valence-corrected chi connectivity index (χ3v) is 4.88. The molecule has 2 aromatic heterocycles. The molecule has 2 aliphatic heterocycles. The Balaban J connectivity index is 1.55. The predicted octanol–water partition coefficient (Wildman–Crippen LogP) is 2.36. The Morgan fingerprint density at radius 1 is 1.21 bits per heavy atom. The molecule has 0 saturated carbocycles. The molecule has 3 N–H and O–H groups in total. The van der Waals surface area contributed by atoms with E-state index in [-0.39, 0.29) is 17.1 Å². The number of methoxy groups -OCH3 is 1. The molecule has 0 atom stereocenters. The van der Waals surface area contributed by atoms with Crippen molar-refractivity contribution in [3.63, 3.8) is 0 Å². The number of hydrogen-bond acceptors (Lipinski definition) is 8. The SMILES string of the molecule is COC(=O)c1ncccc1NC(=O)c1ccc(N2C3=CCC(N)=C2CCC3)nn1. The third-order valence-electron chi connectivity index (χ3n) is 4.88. The van der Waals surface area contributed by atoms with Gasteiger partial charge in [-0.2, -0.15) is 0 Å². The molecule has 0 unspecified atom stereocenters. The molecule has 0 radical (unpaired) electrons. The van der Waals surface area contributed by atoms with E-state index in [1.165, 1.54) is 13.3 Å². The Labute approximate surface area is 167 Å². The minimum atomic E-state index is -0.641. The van der Waals surface area contributed by atoms with Gasteiger partial charge in [-0.3, -0.25) is 9.69 Å². The number of piperidine rings is 1. The highest BCUT2D eigenvalue weighted by atomic mass is 16.5. The average molecular weight is 392 g/mol. The van der Waals surface area contributed by atoms with Gasteiger partial charge < -0.3 is 15.8 Å². The number of nitrogens with two attached hydrogens (primary N) is 1. The molecule has 1 fully saturated rings. The smallest absolute Gasteiger partial charge is 0.358 e. The van der Waals surface area contributed by atoms with Crippen LogP contribution in [0.5, 0.6) is 0 Å². The Morgan fingerprint density at radius 2 is 2.07 bits per heavy atom. The first kappa shape index (κ1) is 18.6. The predicted molar refractivity (Wildman–Crippen MR) is 106 cm³/mol. The number of ether oxygens (including phenoxy) is 1. The summed E-state index contributed by atoms with van der Waals surface area (Å²) >= 11 is 0. The van der Waals surface area contributed by atoms with E-state index < -0.39 is 11.9 Å². The molecule has 0 spiro atoms. The van der Waals surface area contributed by atoms with Gasteiger partial charge in [0.05, 0.1) is 12.8 Å². The van der Waals surface area contributed by atoms with Crippen molar-refractivity contribution in [2.24, 2.45) is 5.73 Å². The normalized spacial score (nSPS) is 15.6. The van der Waals surface area contributed by atoms with Gasteiger partial charge in [-0.1, -0.05) is 6.08 Å². The molecule has 9 heteroatoms. The number of rotatable bonds is 4. The lowest BCUT2D eigenvalue weighted by Gasteiger charge is -2.36. The van der Waals surface area contributed by atoms with Gasteiger partial charge in [0.2, 0.25) is 0 Å². The number of nitrogens with one attached hydrogen (secondary N) is 1. The highest BCUT2D eigenvalue weighted by Crippen LogP contribution is 2.37. The number of allylic oxidation sites excluding steroid dienone is 3. The quantitative estimate of drug-likeness (QED) is 0.760. The third kappa shape index (κ3) is 3.54. The fraction of sp³-hybridized carbons (Fsp3) is 0.250. The van der Waals surface area contributed by atoms with Gasteiger partial charge in [0.15, 0.2) is 17.2 Å². The van der Waals surface area contributed by atoms with Crippen molar-refractivity contribution in [2.45, 2.75) is 25.7 Å². The van der Waals surface area contributed by atoms with Crippen molar-refractivity contribution in [1.82, 2.24) is 15.2 Å². The first-order valence-corrected chi connectivity index (χ1v) is 9.23. The van der Waals surface area contributed by atoms with Crippen LogP contribution >= 0.6 is 0 Å². The lowest BCUT2D eigenvalue weighted by molar-refractivity contribution is 0.0595. The number of nitrogens with zero attached hydrogens (tertiary/aromatic N) is 4. The number of aromatic nitrogens is 3. The molecule has 2 aliphatic rings. The molecule has 1 amide bonds. The van der Waals surface area contributed by atoms with Gasteiger partial charge in [-0.05, 0) is 43.5 Å². The molecule has 4 heterocycles. The van der Waals surface area contributed by atoms with Gasteiger partial charge in [0, 0.05) is 29.7 Å². The van der Waals surface area contributed by atoms with Crippen molar-refractivity contribution in [3.05, 3.63) is 65.0 Å². The largest absolute Gasteiger partial charge is 0.464 e. The number of anilines is 2. The number of hydrogen-bond donors (Lipinski definition) is 2. The number of fused-ring (bicyclic) bond motifs is 2. The zero-order valence-corrected chi connectivity index (χ0v) is 15.9. The Bertz CT molecular complexity index is 1030. The average Bonchev–Trinajstić information content (AvgIpc) is 2.76. The maximum Gasteiger partial charge on any atom is 0.358 e. The van der Waals surface area contributed by atoms with E-state index >= 15 is 0 Å². The van der Waals surface area contributed by atoms with Crippen molar-refractivity contribution < 1.29 is 14.3 Å². The number of esters is 1. The van der Waals surface area contributed by atoms with E-state index in [0.29, 0.717) is 5.82 Å². The Hall–Kier alpha value is -3.75. The van der Waals surface area contributed by atoms with Crippen LogP contribution in [0.3, 0.4) is 0 Å². The molecule has 2 aromatic rings. The minimum Gasteiger partial charge on any atom is -0.464 e. The second-order valence-corrected chi connectivity index (χ2v) is 6.68. The molecular formula is C20H20N6O3. The summed E-state index contributed by atoms with van der Waals surface area (Å²) in [6, 6.07) is 6.50. The summed E-state index contributed by atoms with van der Waals surface area (Å²) in [5.41, 5.74) is 9.59. The standard InChI is InChI=1S/C20H20N6O3/c1-29-20(28)18-14(5-3-11-22-18)23-19(27)15-9-10-17(25-24-15)26-12-4-2-6-16(26)13(21)8-7-12/h3,5,7,9-11H,2,4,6,8,21H2,1H3,(H,23,27). The lowest BCUT2D eigenvalue weighted by Crippen LogP contribution is -2.32. The fourth-order valence-electron chi connectivity index (χ4n) is 3.48. The summed E-state index contributed by atoms with van der Waals surface area (Å²) in [5, 5.41) is 10.9. The summed E-state index contributed by atoms with van der Waals surface area (Å²) in [6.45, 7) is 0. The van der Waals surface area contributed by atoms with Crippen LogP contribution in [0.1, 0.15) is 46.7 Å². The lowest BCUT2D eigenvalue weighted by atomic mass is 9.96. The van der Waals surface area contributed by atoms with Gasteiger partial charge in [-0.25, -0.2) is 9.78 Å². The van der Waals surface area contributed by atoms with Crippen LogP contribution in [-0.4, -0.2) is 34.2 Å². The molecule has 1 saturated heterocycles. The van der Waals surface area contributed by atoms with Crippen LogP contribution in [-0.2, 0) is 4.74 Å². The van der Waals surface area contributed by atoms with Crippen LogP contribution in [0.25, 0.3) is 0 Å².